The smallest absolute Gasteiger partial charge is 0.303 e. The van der Waals surface area contributed by atoms with Gasteiger partial charge in [-0.3, -0.25) is 4.79 Å². The van der Waals surface area contributed by atoms with Crippen LogP contribution in [0.4, 0.5) is 0 Å². The van der Waals surface area contributed by atoms with E-state index < -0.39 is 5.97 Å². The number of fused-ring (bicyclic) bond motifs is 1. The first-order valence-corrected chi connectivity index (χ1v) is 10.9. The third-order valence-electron chi connectivity index (χ3n) is 7.63. The number of carboxylic acid groups (broad SMARTS) is 1. The normalized spacial score (nSPS) is 37.1. The van der Waals surface area contributed by atoms with Gasteiger partial charge in [0.15, 0.2) is 0 Å². The summed E-state index contributed by atoms with van der Waals surface area (Å²) in [7, 11) is 0. The molecule has 0 heterocycles. The SMILES string of the molecule is CC[C@@]12CC[C@H](O)[C@@H](/C=C/C(O)C3CCCCC3)[C@@H]1CC2=CCCC(=O)O. The second-order valence-electron chi connectivity index (χ2n) is 8.94. The molecule has 0 aliphatic heterocycles. The van der Waals surface area contributed by atoms with Crippen LogP contribution in [-0.4, -0.2) is 33.5 Å². The van der Waals surface area contributed by atoms with Crippen LogP contribution in [0.5, 0.6) is 0 Å². The molecule has 3 fully saturated rings. The number of carbonyl (C=O) groups is 1. The maximum Gasteiger partial charge on any atom is 0.303 e. The van der Waals surface area contributed by atoms with Crippen molar-refractivity contribution in [1.29, 1.82) is 0 Å². The zero-order valence-electron chi connectivity index (χ0n) is 16.6. The fraction of sp³-hybridized carbons (Fsp3) is 0.783. The molecule has 4 nitrogen and oxygen atoms in total. The zero-order chi connectivity index (χ0) is 19.4. The lowest BCUT2D eigenvalue weighted by Gasteiger charge is -2.59. The van der Waals surface area contributed by atoms with Crippen molar-refractivity contribution in [3.8, 4) is 0 Å². The Hall–Kier alpha value is -1.13. The van der Waals surface area contributed by atoms with Crippen molar-refractivity contribution < 1.29 is 20.1 Å². The van der Waals surface area contributed by atoms with Gasteiger partial charge < -0.3 is 15.3 Å². The second kappa shape index (κ2) is 8.91. The maximum absolute atomic E-state index is 10.8. The molecular weight excluding hydrogens is 340 g/mol. The van der Waals surface area contributed by atoms with Crippen LogP contribution in [0.15, 0.2) is 23.8 Å². The van der Waals surface area contributed by atoms with Gasteiger partial charge in [0.25, 0.3) is 0 Å². The van der Waals surface area contributed by atoms with Crippen LogP contribution >= 0.6 is 0 Å². The highest BCUT2D eigenvalue weighted by Gasteiger charge is 2.55. The highest BCUT2D eigenvalue weighted by molar-refractivity contribution is 5.66. The molecule has 3 aliphatic carbocycles. The molecule has 3 saturated carbocycles. The molecule has 0 radical (unpaired) electrons. The quantitative estimate of drug-likeness (QED) is 0.573. The Morgan fingerprint density at radius 1 is 1.26 bits per heavy atom. The van der Waals surface area contributed by atoms with E-state index in [2.05, 4.69) is 19.1 Å². The standard InChI is InChI=1S/C23H36O4/c1-2-23-14-13-21(25)18(11-12-20(24)16-7-4-3-5-8-16)19(23)15-17(23)9-6-10-22(26)27/h9,11-12,16,18-21,24-25H,2-8,10,13-15H2,1H3,(H,26,27)/b12-11+,17-9?/t18-,19-,20?,21-,23-/m0/s1. The number of hydrogen-bond donors (Lipinski definition) is 3. The second-order valence-corrected chi connectivity index (χ2v) is 8.94. The number of allylic oxidation sites excluding steroid dienone is 2. The summed E-state index contributed by atoms with van der Waals surface area (Å²) in [5.74, 6) is 0.148. The van der Waals surface area contributed by atoms with Crippen LogP contribution in [-0.2, 0) is 4.79 Å². The zero-order valence-corrected chi connectivity index (χ0v) is 16.6. The summed E-state index contributed by atoms with van der Waals surface area (Å²) in [5.41, 5.74) is 1.53. The molecular formula is C23H36O4. The van der Waals surface area contributed by atoms with Crippen molar-refractivity contribution in [3.63, 3.8) is 0 Å². The Balaban J connectivity index is 1.67. The highest BCUT2D eigenvalue weighted by Crippen LogP contribution is 2.63. The third-order valence-corrected chi connectivity index (χ3v) is 7.63. The Labute approximate surface area is 163 Å². The first-order chi connectivity index (χ1) is 13.0. The first-order valence-electron chi connectivity index (χ1n) is 10.9. The van der Waals surface area contributed by atoms with E-state index in [0.717, 1.165) is 38.5 Å². The average molecular weight is 377 g/mol. The van der Waals surface area contributed by atoms with Gasteiger partial charge in [-0.05, 0) is 62.2 Å². The van der Waals surface area contributed by atoms with E-state index in [4.69, 9.17) is 5.11 Å². The third kappa shape index (κ3) is 4.32. The van der Waals surface area contributed by atoms with Gasteiger partial charge in [-0.1, -0.05) is 50.0 Å². The lowest BCUT2D eigenvalue weighted by atomic mass is 9.46. The number of hydrogen-bond acceptors (Lipinski definition) is 3. The minimum Gasteiger partial charge on any atom is -0.481 e. The molecule has 0 saturated heterocycles. The van der Waals surface area contributed by atoms with Crippen LogP contribution < -0.4 is 0 Å². The lowest BCUT2D eigenvalue weighted by Crippen LogP contribution is -2.53. The van der Waals surface area contributed by atoms with E-state index in [9.17, 15) is 15.0 Å². The average Bonchev–Trinajstić information content (AvgIpc) is 2.66. The van der Waals surface area contributed by atoms with Gasteiger partial charge in [-0.15, -0.1) is 0 Å². The van der Waals surface area contributed by atoms with Crippen molar-refractivity contribution in [2.45, 2.75) is 89.8 Å². The van der Waals surface area contributed by atoms with Gasteiger partial charge in [-0.2, -0.15) is 0 Å². The molecule has 4 heteroatoms. The summed E-state index contributed by atoms with van der Waals surface area (Å²) in [4.78, 5) is 10.8. The van der Waals surface area contributed by atoms with Crippen LogP contribution in [0.1, 0.15) is 77.6 Å². The maximum atomic E-state index is 10.8. The largest absolute Gasteiger partial charge is 0.481 e. The molecule has 0 aromatic rings. The molecule has 0 bridgehead atoms. The molecule has 152 valence electrons. The summed E-state index contributed by atoms with van der Waals surface area (Å²) < 4.78 is 0. The molecule has 3 rings (SSSR count). The number of aliphatic hydroxyl groups is 2. The minimum absolute atomic E-state index is 0.105. The predicted molar refractivity (Wildman–Crippen MR) is 106 cm³/mol. The first kappa shape index (κ1) is 20.6. The van der Waals surface area contributed by atoms with Crippen molar-refractivity contribution in [1.82, 2.24) is 0 Å². The molecule has 3 N–H and O–H groups in total. The summed E-state index contributed by atoms with van der Waals surface area (Å²) in [6, 6.07) is 0. The van der Waals surface area contributed by atoms with Crippen molar-refractivity contribution >= 4 is 5.97 Å². The number of aliphatic hydroxyl groups excluding tert-OH is 2. The van der Waals surface area contributed by atoms with Crippen molar-refractivity contribution in [3.05, 3.63) is 23.8 Å². The van der Waals surface area contributed by atoms with Gasteiger partial charge >= 0.3 is 5.97 Å². The van der Waals surface area contributed by atoms with E-state index >= 15 is 0 Å². The van der Waals surface area contributed by atoms with Crippen molar-refractivity contribution in [2.24, 2.45) is 23.2 Å². The monoisotopic (exact) mass is 376 g/mol. The van der Waals surface area contributed by atoms with Gasteiger partial charge in [-0.25, -0.2) is 0 Å². The fourth-order valence-corrected chi connectivity index (χ4v) is 5.92. The summed E-state index contributed by atoms with van der Waals surface area (Å²) >= 11 is 0. The summed E-state index contributed by atoms with van der Waals surface area (Å²) in [5, 5.41) is 30.1. The van der Waals surface area contributed by atoms with E-state index in [0.29, 0.717) is 18.3 Å². The Morgan fingerprint density at radius 2 is 2.00 bits per heavy atom. The fourth-order valence-electron chi connectivity index (χ4n) is 5.92. The van der Waals surface area contributed by atoms with Gasteiger partial charge in [0.2, 0.25) is 0 Å². The van der Waals surface area contributed by atoms with Crippen LogP contribution in [0.3, 0.4) is 0 Å². The summed E-state index contributed by atoms with van der Waals surface area (Å²) in [6.45, 7) is 2.21. The number of carboxylic acids is 1. The highest BCUT2D eigenvalue weighted by atomic mass is 16.4. The molecule has 0 aromatic carbocycles. The predicted octanol–water partition coefficient (Wildman–Crippen LogP) is 4.46. The van der Waals surface area contributed by atoms with E-state index in [1.54, 1.807) is 0 Å². The molecule has 1 unspecified atom stereocenters. The number of aliphatic carboxylic acids is 1. The van der Waals surface area contributed by atoms with Gasteiger partial charge in [0.1, 0.15) is 0 Å². The molecule has 3 aliphatic rings. The van der Waals surface area contributed by atoms with Gasteiger partial charge in [0, 0.05) is 12.3 Å². The molecule has 5 atom stereocenters. The Morgan fingerprint density at radius 3 is 2.67 bits per heavy atom. The molecule has 0 amide bonds. The van der Waals surface area contributed by atoms with Crippen molar-refractivity contribution in [2.75, 3.05) is 0 Å². The van der Waals surface area contributed by atoms with E-state index in [1.807, 2.05) is 6.08 Å². The lowest BCUT2D eigenvalue weighted by molar-refractivity contribution is -0.136. The minimum atomic E-state index is -0.746. The van der Waals surface area contributed by atoms with E-state index in [1.165, 1.54) is 24.8 Å². The summed E-state index contributed by atoms with van der Waals surface area (Å²) in [6.07, 6.45) is 16.0. The molecule has 27 heavy (non-hydrogen) atoms. The Kier molecular flexibility index (Phi) is 6.80. The van der Waals surface area contributed by atoms with Crippen LogP contribution in [0.2, 0.25) is 0 Å². The Bertz CT molecular complexity index is 575. The van der Waals surface area contributed by atoms with E-state index in [-0.39, 0.29) is 30.0 Å². The molecule has 0 spiro atoms. The molecule has 0 aromatic heterocycles. The van der Waals surface area contributed by atoms with Crippen LogP contribution in [0, 0.1) is 23.2 Å². The number of rotatable bonds is 7. The van der Waals surface area contributed by atoms with Crippen LogP contribution in [0.25, 0.3) is 0 Å². The topological polar surface area (TPSA) is 77.8 Å². The van der Waals surface area contributed by atoms with Gasteiger partial charge in [0.05, 0.1) is 12.2 Å².